The maximum atomic E-state index is 12.6. The number of carbonyl (C=O) groups excluding carboxylic acids is 1. The number of nitrogens with zero attached hydrogens (tertiary/aromatic N) is 1. The third-order valence-corrected chi connectivity index (χ3v) is 7.56. The first-order chi connectivity index (χ1) is 15.7. The average Bonchev–Trinajstić information content (AvgIpc) is 3.24. The highest BCUT2D eigenvalue weighted by atomic mass is 35.5. The summed E-state index contributed by atoms with van der Waals surface area (Å²) in [4.78, 5) is 17.2. The summed E-state index contributed by atoms with van der Waals surface area (Å²) >= 11 is 13.3. The molecule has 1 amide bonds. The molecule has 6 nitrogen and oxygen atoms in total. The number of carbonyl (C=O) groups is 1. The fourth-order valence-electron chi connectivity index (χ4n) is 2.91. The highest BCUT2D eigenvalue weighted by Crippen LogP contribution is 2.30. The van der Waals surface area contributed by atoms with E-state index >= 15 is 0 Å². The smallest absolute Gasteiger partial charge is 0.261 e. The van der Waals surface area contributed by atoms with Crippen LogP contribution in [-0.4, -0.2) is 19.3 Å². The molecule has 0 unspecified atom stereocenters. The molecule has 3 aromatic carbocycles. The van der Waals surface area contributed by atoms with E-state index in [0.29, 0.717) is 32.1 Å². The van der Waals surface area contributed by atoms with Gasteiger partial charge in [-0.15, -0.1) is 11.3 Å². The molecule has 1 heterocycles. The quantitative estimate of drug-likeness (QED) is 0.306. The van der Waals surface area contributed by atoms with Crippen LogP contribution in [0.15, 0.2) is 77.0 Å². The van der Waals surface area contributed by atoms with Crippen LogP contribution >= 0.6 is 34.5 Å². The van der Waals surface area contributed by atoms with Gasteiger partial charge in [0.1, 0.15) is 0 Å². The van der Waals surface area contributed by atoms with Gasteiger partial charge >= 0.3 is 0 Å². The van der Waals surface area contributed by atoms with Crippen molar-refractivity contribution < 1.29 is 13.2 Å². The molecule has 33 heavy (non-hydrogen) atoms. The van der Waals surface area contributed by atoms with Crippen molar-refractivity contribution in [2.75, 3.05) is 10.0 Å². The predicted molar refractivity (Wildman–Crippen MR) is 134 cm³/mol. The van der Waals surface area contributed by atoms with Gasteiger partial charge in [0, 0.05) is 22.2 Å². The summed E-state index contributed by atoms with van der Waals surface area (Å²) < 4.78 is 27.5. The highest BCUT2D eigenvalue weighted by Gasteiger charge is 2.15. The standard InChI is InChI=1S/C23H17Cl2N3O3S2/c1-14-2-9-18(10-3-14)33(30,31)28-17-7-4-15(5-8-17)22(29)27-23-26-21(13-32-23)16-6-11-19(24)20(25)12-16/h2-13,28H,1H3,(H,26,27,29). The first kappa shape index (κ1) is 23.3. The number of sulfonamides is 1. The first-order valence-electron chi connectivity index (χ1n) is 9.63. The van der Waals surface area contributed by atoms with E-state index in [9.17, 15) is 13.2 Å². The van der Waals surface area contributed by atoms with Crippen molar-refractivity contribution in [3.8, 4) is 11.3 Å². The minimum absolute atomic E-state index is 0.163. The lowest BCUT2D eigenvalue weighted by Gasteiger charge is -2.09. The summed E-state index contributed by atoms with van der Waals surface area (Å²) in [6.45, 7) is 1.88. The van der Waals surface area contributed by atoms with Gasteiger partial charge in [-0.25, -0.2) is 13.4 Å². The summed E-state index contributed by atoms with van der Waals surface area (Å²) in [6.07, 6.45) is 0. The van der Waals surface area contributed by atoms with Crippen molar-refractivity contribution >= 4 is 61.3 Å². The summed E-state index contributed by atoms with van der Waals surface area (Å²) in [5.41, 5.74) is 3.12. The van der Waals surface area contributed by atoms with Crippen molar-refractivity contribution in [1.29, 1.82) is 0 Å². The number of aryl methyl sites for hydroxylation is 1. The zero-order valence-electron chi connectivity index (χ0n) is 17.2. The van der Waals surface area contributed by atoms with E-state index < -0.39 is 10.0 Å². The molecular formula is C23H17Cl2N3O3S2. The Bertz CT molecular complexity index is 1420. The van der Waals surface area contributed by atoms with Crippen LogP contribution in [0.2, 0.25) is 10.0 Å². The van der Waals surface area contributed by atoms with E-state index in [1.807, 2.05) is 6.92 Å². The maximum absolute atomic E-state index is 12.6. The Hall–Kier alpha value is -2.91. The average molecular weight is 518 g/mol. The fraction of sp³-hybridized carbons (Fsp3) is 0.0435. The van der Waals surface area contributed by atoms with Crippen LogP contribution < -0.4 is 10.0 Å². The Kier molecular flexibility index (Phi) is 6.71. The van der Waals surface area contributed by atoms with E-state index in [1.165, 1.54) is 35.6 Å². The van der Waals surface area contributed by atoms with Gasteiger partial charge in [0.25, 0.3) is 15.9 Å². The van der Waals surface area contributed by atoms with Crippen LogP contribution in [0.3, 0.4) is 0 Å². The van der Waals surface area contributed by atoms with Gasteiger partial charge in [-0.2, -0.15) is 0 Å². The number of amides is 1. The van der Waals surface area contributed by atoms with Crippen molar-refractivity contribution in [3.05, 3.63) is 93.3 Å². The number of anilines is 2. The molecule has 0 aliphatic rings. The largest absolute Gasteiger partial charge is 0.298 e. The van der Waals surface area contributed by atoms with Crippen molar-refractivity contribution in [3.63, 3.8) is 0 Å². The van der Waals surface area contributed by atoms with Crippen LogP contribution in [0.4, 0.5) is 10.8 Å². The van der Waals surface area contributed by atoms with Crippen molar-refractivity contribution in [2.45, 2.75) is 11.8 Å². The van der Waals surface area contributed by atoms with Crippen molar-refractivity contribution in [1.82, 2.24) is 4.98 Å². The van der Waals surface area contributed by atoms with Gasteiger partial charge in [0.15, 0.2) is 5.13 Å². The monoisotopic (exact) mass is 517 g/mol. The lowest BCUT2D eigenvalue weighted by molar-refractivity contribution is 0.102. The Morgan fingerprint density at radius 1 is 0.939 bits per heavy atom. The molecule has 0 radical (unpaired) electrons. The number of benzene rings is 3. The van der Waals surface area contributed by atoms with Gasteiger partial charge in [0.05, 0.1) is 20.6 Å². The third-order valence-electron chi connectivity index (χ3n) is 4.67. The van der Waals surface area contributed by atoms with Crippen molar-refractivity contribution in [2.24, 2.45) is 0 Å². The highest BCUT2D eigenvalue weighted by molar-refractivity contribution is 7.92. The zero-order chi connectivity index (χ0) is 23.6. The Morgan fingerprint density at radius 2 is 1.64 bits per heavy atom. The molecule has 0 atom stereocenters. The van der Waals surface area contributed by atoms with E-state index in [4.69, 9.17) is 23.2 Å². The molecule has 0 bridgehead atoms. The summed E-state index contributed by atoms with van der Waals surface area (Å²) in [6, 6.07) is 17.9. The van der Waals surface area contributed by atoms with Crippen LogP contribution in [0.1, 0.15) is 15.9 Å². The normalized spacial score (nSPS) is 11.2. The topological polar surface area (TPSA) is 88.2 Å². The second-order valence-corrected chi connectivity index (χ2v) is 10.5. The Labute approximate surface area is 205 Å². The maximum Gasteiger partial charge on any atom is 0.261 e. The van der Waals surface area contributed by atoms with Crippen LogP contribution in [0.5, 0.6) is 0 Å². The van der Waals surface area contributed by atoms with Crippen LogP contribution in [0, 0.1) is 6.92 Å². The van der Waals surface area contributed by atoms with E-state index in [-0.39, 0.29) is 10.8 Å². The second kappa shape index (κ2) is 9.52. The van der Waals surface area contributed by atoms with Gasteiger partial charge in [0.2, 0.25) is 0 Å². The number of rotatable bonds is 6. The third kappa shape index (κ3) is 5.54. The number of nitrogens with one attached hydrogen (secondary N) is 2. The van der Waals surface area contributed by atoms with Crippen LogP contribution in [0.25, 0.3) is 11.3 Å². The van der Waals surface area contributed by atoms with E-state index in [1.54, 1.807) is 47.8 Å². The van der Waals surface area contributed by atoms with Gasteiger partial charge in [-0.3, -0.25) is 14.8 Å². The molecular weight excluding hydrogens is 501 g/mol. The van der Waals surface area contributed by atoms with Gasteiger partial charge in [-0.1, -0.05) is 47.0 Å². The molecule has 10 heteroatoms. The molecule has 168 valence electrons. The number of aromatic nitrogens is 1. The number of halogens is 2. The summed E-state index contributed by atoms with van der Waals surface area (Å²) in [7, 11) is -3.72. The number of thiazole rings is 1. The summed E-state index contributed by atoms with van der Waals surface area (Å²) in [5, 5.41) is 5.84. The second-order valence-electron chi connectivity index (χ2n) is 7.12. The minimum Gasteiger partial charge on any atom is -0.298 e. The molecule has 0 aliphatic heterocycles. The van der Waals surface area contributed by atoms with E-state index in [0.717, 1.165) is 11.1 Å². The molecule has 0 saturated carbocycles. The lowest BCUT2D eigenvalue weighted by atomic mass is 10.2. The van der Waals surface area contributed by atoms with Gasteiger partial charge < -0.3 is 0 Å². The molecule has 4 rings (SSSR count). The van der Waals surface area contributed by atoms with E-state index in [2.05, 4.69) is 15.0 Å². The summed E-state index contributed by atoms with van der Waals surface area (Å²) in [5.74, 6) is -0.363. The molecule has 2 N–H and O–H groups in total. The Morgan fingerprint density at radius 3 is 2.30 bits per heavy atom. The molecule has 1 aromatic heterocycles. The molecule has 0 saturated heterocycles. The zero-order valence-corrected chi connectivity index (χ0v) is 20.3. The molecule has 0 fully saturated rings. The van der Waals surface area contributed by atoms with Crippen LogP contribution in [-0.2, 0) is 10.0 Å². The molecule has 0 aliphatic carbocycles. The first-order valence-corrected chi connectivity index (χ1v) is 12.7. The fourth-order valence-corrected chi connectivity index (χ4v) is 4.98. The molecule has 4 aromatic rings. The SMILES string of the molecule is Cc1ccc(S(=O)(=O)Nc2ccc(C(=O)Nc3nc(-c4ccc(Cl)c(Cl)c4)cs3)cc2)cc1. The lowest BCUT2D eigenvalue weighted by Crippen LogP contribution is -2.14. The van der Waals surface area contributed by atoms with Gasteiger partial charge in [-0.05, 0) is 55.5 Å². The Balaban J connectivity index is 1.43. The number of hydrogen-bond donors (Lipinski definition) is 2. The number of hydrogen-bond acceptors (Lipinski definition) is 5. The molecule has 0 spiro atoms. The minimum atomic E-state index is -3.72. The predicted octanol–water partition coefficient (Wildman–Crippen LogP) is 6.48.